The van der Waals surface area contributed by atoms with Crippen LogP contribution in [0.15, 0.2) is 24.4 Å². The molecule has 0 radical (unpaired) electrons. The van der Waals surface area contributed by atoms with Gasteiger partial charge in [0.2, 0.25) is 5.82 Å². The zero-order valence-corrected chi connectivity index (χ0v) is 12.4. The lowest BCUT2D eigenvalue weighted by molar-refractivity contribution is 0.172. The molecule has 2 rings (SSSR count). The van der Waals surface area contributed by atoms with E-state index in [4.69, 9.17) is 14.7 Å². The summed E-state index contributed by atoms with van der Waals surface area (Å²) in [5, 5.41) is 25.0. The second-order valence-electron chi connectivity index (χ2n) is 4.38. The average molecular weight is 318 g/mol. The molecule has 8 nitrogen and oxygen atoms in total. The van der Waals surface area contributed by atoms with Gasteiger partial charge in [0.1, 0.15) is 23.2 Å². The van der Waals surface area contributed by atoms with Crippen molar-refractivity contribution in [3.8, 4) is 11.8 Å². The van der Waals surface area contributed by atoms with Gasteiger partial charge < -0.3 is 14.8 Å². The molecule has 2 aromatic rings. The number of benzene rings is 1. The van der Waals surface area contributed by atoms with Crippen LogP contribution in [0, 0.1) is 17.1 Å². The van der Waals surface area contributed by atoms with Crippen LogP contribution in [-0.4, -0.2) is 40.9 Å². The Morgan fingerprint density at radius 1 is 1.48 bits per heavy atom. The Balaban J connectivity index is 2.11. The molecule has 9 heteroatoms. The SMILES string of the molecule is COCCCOc1ccc(F)cc1NC=C(C#N)c1nn[nH]n1. The van der Waals surface area contributed by atoms with E-state index < -0.39 is 5.82 Å². The number of methoxy groups -OCH3 is 1. The third kappa shape index (κ3) is 4.76. The van der Waals surface area contributed by atoms with Gasteiger partial charge in [-0.25, -0.2) is 4.39 Å². The fraction of sp³-hybridized carbons (Fsp3) is 0.286. The van der Waals surface area contributed by atoms with Crippen LogP contribution in [0.4, 0.5) is 10.1 Å². The van der Waals surface area contributed by atoms with E-state index >= 15 is 0 Å². The van der Waals surface area contributed by atoms with Crippen LogP contribution in [-0.2, 0) is 4.74 Å². The standard InChI is InChI=1S/C14H15FN6O2/c1-22-5-2-6-23-13-4-3-11(15)7-12(13)17-9-10(8-16)14-18-20-21-19-14/h3-4,7,9,17H,2,5-6H2,1H3,(H,18,19,20,21). The first-order valence-electron chi connectivity index (χ1n) is 6.76. The number of anilines is 1. The molecule has 0 saturated carbocycles. The number of H-pyrrole nitrogens is 1. The number of aromatic nitrogens is 4. The van der Waals surface area contributed by atoms with Gasteiger partial charge in [0.15, 0.2) is 0 Å². The molecule has 0 spiro atoms. The summed E-state index contributed by atoms with van der Waals surface area (Å²) in [7, 11) is 1.61. The Morgan fingerprint density at radius 3 is 3.04 bits per heavy atom. The van der Waals surface area contributed by atoms with Gasteiger partial charge >= 0.3 is 0 Å². The molecule has 0 bridgehead atoms. The molecule has 2 N–H and O–H groups in total. The van der Waals surface area contributed by atoms with E-state index in [1.54, 1.807) is 7.11 Å². The highest BCUT2D eigenvalue weighted by molar-refractivity contribution is 5.74. The van der Waals surface area contributed by atoms with Gasteiger partial charge in [-0.2, -0.15) is 10.5 Å². The van der Waals surface area contributed by atoms with Crippen molar-refractivity contribution in [2.45, 2.75) is 6.42 Å². The van der Waals surface area contributed by atoms with E-state index in [1.165, 1.54) is 24.4 Å². The first-order chi connectivity index (χ1) is 11.2. The van der Waals surface area contributed by atoms with Gasteiger partial charge in [-0.1, -0.05) is 0 Å². The molecule has 0 saturated heterocycles. The predicted molar refractivity (Wildman–Crippen MR) is 79.8 cm³/mol. The highest BCUT2D eigenvalue weighted by Gasteiger charge is 2.08. The van der Waals surface area contributed by atoms with E-state index in [0.29, 0.717) is 31.1 Å². The second kappa shape index (κ2) is 8.45. The van der Waals surface area contributed by atoms with Crippen LogP contribution in [0.3, 0.4) is 0 Å². The van der Waals surface area contributed by atoms with E-state index in [-0.39, 0.29) is 11.4 Å². The summed E-state index contributed by atoms with van der Waals surface area (Å²) in [5.41, 5.74) is 0.534. The smallest absolute Gasteiger partial charge is 0.216 e. The summed E-state index contributed by atoms with van der Waals surface area (Å²) in [5.74, 6) is 0.173. The topological polar surface area (TPSA) is 109 Å². The van der Waals surface area contributed by atoms with Gasteiger partial charge in [-0.15, -0.1) is 10.2 Å². The van der Waals surface area contributed by atoms with Crippen LogP contribution in [0.2, 0.25) is 0 Å². The van der Waals surface area contributed by atoms with Crippen LogP contribution < -0.4 is 10.1 Å². The molecule has 23 heavy (non-hydrogen) atoms. The third-order valence-electron chi connectivity index (χ3n) is 2.77. The van der Waals surface area contributed by atoms with Crippen molar-refractivity contribution >= 4 is 11.3 Å². The van der Waals surface area contributed by atoms with Crippen molar-refractivity contribution in [2.75, 3.05) is 25.6 Å². The number of tetrazole rings is 1. The monoisotopic (exact) mass is 318 g/mol. The highest BCUT2D eigenvalue weighted by Crippen LogP contribution is 2.26. The second-order valence-corrected chi connectivity index (χ2v) is 4.38. The summed E-state index contributed by atoms with van der Waals surface area (Å²) in [4.78, 5) is 0. The van der Waals surface area contributed by atoms with Crippen LogP contribution >= 0.6 is 0 Å². The summed E-state index contributed by atoms with van der Waals surface area (Å²) in [6.45, 7) is 0.994. The largest absolute Gasteiger partial charge is 0.491 e. The van der Waals surface area contributed by atoms with Crippen molar-refractivity contribution in [3.05, 3.63) is 36.0 Å². The first kappa shape index (κ1) is 16.4. The maximum absolute atomic E-state index is 13.4. The van der Waals surface area contributed by atoms with Crippen molar-refractivity contribution < 1.29 is 13.9 Å². The van der Waals surface area contributed by atoms with Crippen LogP contribution in [0.25, 0.3) is 5.57 Å². The van der Waals surface area contributed by atoms with Gasteiger partial charge in [0, 0.05) is 32.4 Å². The van der Waals surface area contributed by atoms with E-state index in [0.717, 1.165) is 0 Å². The number of nitriles is 1. The lowest BCUT2D eigenvalue weighted by atomic mass is 10.2. The number of nitrogens with zero attached hydrogens (tertiary/aromatic N) is 4. The molecule has 0 unspecified atom stereocenters. The maximum Gasteiger partial charge on any atom is 0.216 e. The zero-order valence-electron chi connectivity index (χ0n) is 12.4. The Bertz CT molecular complexity index is 696. The zero-order chi connectivity index (χ0) is 16.5. The minimum Gasteiger partial charge on any atom is -0.491 e. The van der Waals surface area contributed by atoms with Crippen molar-refractivity contribution in [3.63, 3.8) is 0 Å². The summed E-state index contributed by atoms with van der Waals surface area (Å²) >= 11 is 0. The van der Waals surface area contributed by atoms with Crippen molar-refractivity contribution in [1.82, 2.24) is 20.6 Å². The highest BCUT2D eigenvalue weighted by atomic mass is 19.1. The number of aromatic amines is 1. The minimum atomic E-state index is -0.428. The Morgan fingerprint density at radius 2 is 2.35 bits per heavy atom. The Kier molecular flexibility index (Phi) is 6.02. The molecule has 1 aromatic heterocycles. The molecule has 0 amide bonds. The summed E-state index contributed by atoms with van der Waals surface area (Å²) < 4.78 is 23.9. The van der Waals surface area contributed by atoms with E-state index in [9.17, 15) is 4.39 Å². The Labute approximate surface area is 131 Å². The van der Waals surface area contributed by atoms with E-state index in [1.807, 2.05) is 6.07 Å². The number of halogens is 1. The Hall–Kier alpha value is -2.99. The van der Waals surface area contributed by atoms with Crippen LogP contribution in [0.5, 0.6) is 5.75 Å². The molecular formula is C14H15FN6O2. The molecule has 0 aliphatic carbocycles. The fourth-order valence-electron chi connectivity index (χ4n) is 1.70. The maximum atomic E-state index is 13.4. The number of ether oxygens (including phenoxy) is 2. The molecule has 1 aromatic carbocycles. The summed E-state index contributed by atoms with van der Waals surface area (Å²) in [6, 6.07) is 6.01. The van der Waals surface area contributed by atoms with Gasteiger partial charge in [0.25, 0.3) is 0 Å². The molecule has 1 heterocycles. The van der Waals surface area contributed by atoms with Gasteiger partial charge in [-0.3, -0.25) is 0 Å². The number of allylic oxidation sites excluding steroid dienone is 1. The minimum absolute atomic E-state index is 0.138. The normalized spacial score (nSPS) is 11.1. The number of rotatable bonds is 8. The molecular weight excluding hydrogens is 303 g/mol. The van der Waals surface area contributed by atoms with E-state index in [2.05, 4.69) is 25.9 Å². The van der Waals surface area contributed by atoms with Gasteiger partial charge in [0.05, 0.1) is 12.3 Å². The number of hydrogen-bond donors (Lipinski definition) is 2. The predicted octanol–water partition coefficient (Wildman–Crippen LogP) is 1.73. The number of nitrogens with one attached hydrogen (secondary N) is 2. The average Bonchev–Trinajstić information content (AvgIpc) is 3.08. The van der Waals surface area contributed by atoms with Crippen molar-refractivity contribution in [1.29, 1.82) is 5.26 Å². The van der Waals surface area contributed by atoms with Crippen LogP contribution in [0.1, 0.15) is 12.2 Å². The summed E-state index contributed by atoms with van der Waals surface area (Å²) in [6.07, 6.45) is 2.07. The van der Waals surface area contributed by atoms with Crippen molar-refractivity contribution in [2.24, 2.45) is 0 Å². The molecule has 0 fully saturated rings. The first-order valence-corrected chi connectivity index (χ1v) is 6.76. The lowest BCUT2D eigenvalue weighted by Crippen LogP contribution is -2.04. The molecule has 0 aliphatic heterocycles. The molecule has 0 aliphatic rings. The third-order valence-corrected chi connectivity index (χ3v) is 2.77. The van der Waals surface area contributed by atoms with Gasteiger partial charge in [-0.05, 0) is 17.3 Å². The fourth-order valence-corrected chi connectivity index (χ4v) is 1.70. The molecule has 0 atom stereocenters. The number of hydrogen-bond acceptors (Lipinski definition) is 7. The molecule has 120 valence electrons. The quantitative estimate of drug-likeness (QED) is 0.563. The lowest BCUT2D eigenvalue weighted by Gasteiger charge is -2.11.